The molecule has 1 aromatic heterocycles. The molecule has 3 heteroatoms. The van der Waals surface area contributed by atoms with Crippen LogP contribution in [0.4, 0.5) is 5.69 Å². The van der Waals surface area contributed by atoms with Gasteiger partial charge in [-0.25, -0.2) is 0 Å². The first-order valence-corrected chi connectivity index (χ1v) is 5.59. The second-order valence-corrected chi connectivity index (χ2v) is 4.20. The van der Waals surface area contributed by atoms with Gasteiger partial charge < -0.3 is 5.32 Å². The highest BCUT2D eigenvalue weighted by Gasteiger charge is 2.21. The van der Waals surface area contributed by atoms with E-state index in [0.29, 0.717) is 0 Å². The zero-order valence-corrected chi connectivity index (χ0v) is 9.53. The highest BCUT2D eigenvalue weighted by molar-refractivity contribution is 5.92. The monoisotopic (exact) mass is 224 g/mol. The number of pyridine rings is 1. The van der Waals surface area contributed by atoms with E-state index in [2.05, 4.69) is 22.4 Å². The number of benzene rings is 1. The topological polar surface area (TPSA) is 42.0 Å². The van der Waals surface area contributed by atoms with E-state index in [1.54, 1.807) is 6.20 Å². The molecule has 1 amide bonds. The third-order valence-corrected chi connectivity index (χ3v) is 3.01. The van der Waals surface area contributed by atoms with E-state index in [4.69, 9.17) is 0 Å². The summed E-state index contributed by atoms with van der Waals surface area (Å²) in [6, 6.07) is 10.1. The number of hydrogen-bond acceptors (Lipinski definition) is 2. The van der Waals surface area contributed by atoms with Gasteiger partial charge in [0.25, 0.3) is 0 Å². The average Bonchev–Trinajstić information content (AvgIpc) is 2.68. The number of hydrogen-bond donors (Lipinski definition) is 1. The van der Waals surface area contributed by atoms with Gasteiger partial charge in [0.1, 0.15) is 0 Å². The Morgan fingerprint density at radius 1 is 1.29 bits per heavy atom. The molecule has 84 valence electrons. The highest BCUT2D eigenvalue weighted by atomic mass is 16.1. The van der Waals surface area contributed by atoms with Gasteiger partial charge in [-0.05, 0) is 11.6 Å². The molecule has 0 saturated heterocycles. The quantitative estimate of drug-likeness (QED) is 0.690. The Morgan fingerprint density at radius 3 is 2.94 bits per heavy atom. The number of nitrogens with one attached hydrogen (secondary N) is 1. The summed E-state index contributed by atoms with van der Waals surface area (Å²) in [5, 5.41) is 2.86. The number of amides is 1. The van der Waals surface area contributed by atoms with Crippen LogP contribution in [0.2, 0.25) is 0 Å². The number of fused-ring (bicyclic) bond motifs is 3. The molecule has 3 nitrogen and oxygen atoms in total. The molecule has 1 aliphatic carbocycles. The summed E-state index contributed by atoms with van der Waals surface area (Å²) in [7, 11) is 0. The number of aromatic nitrogens is 1. The number of anilines is 1. The Kier molecular flexibility index (Phi) is 2.18. The molecule has 1 aliphatic rings. The molecule has 0 aliphatic heterocycles. The van der Waals surface area contributed by atoms with Gasteiger partial charge in [0.2, 0.25) is 5.91 Å². The predicted octanol–water partition coefficient (Wildman–Crippen LogP) is 2.61. The van der Waals surface area contributed by atoms with Crippen LogP contribution in [-0.2, 0) is 11.2 Å². The molecule has 2 aromatic rings. The summed E-state index contributed by atoms with van der Waals surface area (Å²) in [6.45, 7) is 1.52. The van der Waals surface area contributed by atoms with Crippen molar-refractivity contribution in [3.05, 3.63) is 47.7 Å². The van der Waals surface area contributed by atoms with Crippen LogP contribution in [0, 0.1) is 0 Å². The van der Waals surface area contributed by atoms with Gasteiger partial charge in [0.05, 0.1) is 5.69 Å². The van der Waals surface area contributed by atoms with Crippen LogP contribution in [0.25, 0.3) is 11.3 Å². The first kappa shape index (κ1) is 10.0. The maximum absolute atomic E-state index is 11.2. The summed E-state index contributed by atoms with van der Waals surface area (Å²) < 4.78 is 0. The smallest absolute Gasteiger partial charge is 0.221 e. The molecule has 0 radical (unpaired) electrons. The Balaban J connectivity index is 2.14. The van der Waals surface area contributed by atoms with Crippen molar-refractivity contribution in [1.29, 1.82) is 0 Å². The van der Waals surface area contributed by atoms with Crippen molar-refractivity contribution in [2.75, 3.05) is 5.32 Å². The predicted molar refractivity (Wildman–Crippen MR) is 66.8 cm³/mol. The maximum atomic E-state index is 11.2. The van der Waals surface area contributed by atoms with Crippen molar-refractivity contribution in [3.8, 4) is 11.3 Å². The number of carbonyl (C=O) groups excluding carboxylic acids is 1. The third-order valence-electron chi connectivity index (χ3n) is 3.01. The number of carbonyl (C=O) groups is 1. The maximum Gasteiger partial charge on any atom is 0.221 e. The van der Waals surface area contributed by atoms with Crippen LogP contribution >= 0.6 is 0 Å². The van der Waals surface area contributed by atoms with Gasteiger partial charge >= 0.3 is 0 Å². The molecule has 0 spiro atoms. The van der Waals surface area contributed by atoms with Gasteiger partial charge in [0.15, 0.2) is 0 Å². The number of nitrogens with zero attached hydrogens (tertiary/aromatic N) is 1. The fourth-order valence-corrected chi connectivity index (χ4v) is 2.31. The fraction of sp³-hybridized carbons (Fsp3) is 0.143. The van der Waals surface area contributed by atoms with Gasteiger partial charge in [-0.2, -0.15) is 0 Å². The minimum atomic E-state index is -0.0469. The Hall–Kier alpha value is -2.16. The second-order valence-electron chi connectivity index (χ2n) is 4.20. The van der Waals surface area contributed by atoms with Crippen LogP contribution in [0.3, 0.4) is 0 Å². The SMILES string of the molecule is CC(=O)Nc1ccnc2c1Cc1ccccc1-2. The van der Waals surface area contributed by atoms with Gasteiger partial charge in [-0.1, -0.05) is 24.3 Å². The van der Waals surface area contributed by atoms with Crippen molar-refractivity contribution in [3.63, 3.8) is 0 Å². The molecule has 0 fully saturated rings. The van der Waals surface area contributed by atoms with Crippen molar-refractivity contribution >= 4 is 11.6 Å². The lowest BCUT2D eigenvalue weighted by atomic mass is 10.1. The molecule has 1 heterocycles. The minimum absolute atomic E-state index is 0.0469. The summed E-state index contributed by atoms with van der Waals surface area (Å²) >= 11 is 0. The average molecular weight is 224 g/mol. The Morgan fingerprint density at radius 2 is 2.12 bits per heavy atom. The van der Waals surface area contributed by atoms with E-state index in [-0.39, 0.29) is 5.91 Å². The molecule has 1 N–H and O–H groups in total. The molecular weight excluding hydrogens is 212 g/mol. The molecule has 17 heavy (non-hydrogen) atoms. The van der Waals surface area contributed by atoms with E-state index < -0.39 is 0 Å². The van der Waals surface area contributed by atoms with E-state index in [0.717, 1.165) is 23.4 Å². The fourth-order valence-electron chi connectivity index (χ4n) is 2.31. The van der Waals surface area contributed by atoms with Crippen LogP contribution in [0.1, 0.15) is 18.1 Å². The lowest BCUT2D eigenvalue weighted by molar-refractivity contribution is -0.114. The normalized spacial score (nSPS) is 11.8. The van der Waals surface area contributed by atoms with Gasteiger partial charge in [-0.3, -0.25) is 9.78 Å². The lowest BCUT2D eigenvalue weighted by Gasteiger charge is -2.07. The molecule has 0 saturated carbocycles. The molecule has 0 atom stereocenters. The van der Waals surface area contributed by atoms with E-state index in [1.807, 2.05) is 18.2 Å². The molecule has 1 aromatic carbocycles. The van der Waals surface area contributed by atoms with Crippen LogP contribution in [-0.4, -0.2) is 10.9 Å². The van der Waals surface area contributed by atoms with E-state index in [1.165, 1.54) is 18.1 Å². The first-order valence-electron chi connectivity index (χ1n) is 5.59. The first-order chi connectivity index (χ1) is 8.25. The standard InChI is InChI=1S/C14H12N2O/c1-9(17)16-13-6-7-15-14-11-5-3-2-4-10(11)8-12(13)14/h2-7H,8H2,1H3,(H,15,16,17). The van der Waals surface area contributed by atoms with Crippen molar-refractivity contribution in [1.82, 2.24) is 4.98 Å². The summed E-state index contributed by atoms with van der Waals surface area (Å²) in [5.74, 6) is -0.0469. The zero-order valence-electron chi connectivity index (χ0n) is 9.53. The third kappa shape index (κ3) is 1.60. The lowest BCUT2D eigenvalue weighted by Crippen LogP contribution is -2.08. The number of rotatable bonds is 1. The highest BCUT2D eigenvalue weighted by Crippen LogP contribution is 2.38. The van der Waals surface area contributed by atoms with Gasteiger partial charge in [-0.15, -0.1) is 0 Å². The van der Waals surface area contributed by atoms with Crippen molar-refractivity contribution in [2.24, 2.45) is 0 Å². The molecular formula is C14H12N2O. The molecule has 0 unspecified atom stereocenters. The Bertz CT molecular complexity index is 605. The molecule has 0 bridgehead atoms. The summed E-state index contributed by atoms with van der Waals surface area (Å²) in [4.78, 5) is 15.6. The molecule has 3 rings (SSSR count). The minimum Gasteiger partial charge on any atom is -0.326 e. The summed E-state index contributed by atoms with van der Waals surface area (Å²) in [6.07, 6.45) is 2.58. The Labute approximate surface area is 99.5 Å². The van der Waals surface area contributed by atoms with E-state index >= 15 is 0 Å². The zero-order chi connectivity index (χ0) is 11.8. The largest absolute Gasteiger partial charge is 0.326 e. The van der Waals surface area contributed by atoms with Crippen molar-refractivity contribution < 1.29 is 4.79 Å². The second kappa shape index (κ2) is 3.70. The van der Waals surface area contributed by atoms with Gasteiger partial charge in [0, 0.05) is 36.4 Å². The summed E-state index contributed by atoms with van der Waals surface area (Å²) in [5.41, 5.74) is 5.43. The van der Waals surface area contributed by atoms with Crippen molar-refractivity contribution in [2.45, 2.75) is 13.3 Å². The van der Waals surface area contributed by atoms with E-state index in [9.17, 15) is 4.79 Å². The van der Waals surface area contributed by atoms with Crippen LogP contribution in [0.15, 0.2) is 36.5 Å². The van der Waals surface area contributed by atoms with Crippen LogP contribution in [0.5, 0.6) is 0 Å². The van der Waals surface area contributed by atoms with Crippen LogP contribution < -0.4 is 5.32 Å².